The molecule has 0 radical (unpaired) electrons. The van der Waals surface area contributed by atoms with Crippen molar-refractivity contribution in [2.24, 2.45) is 5.92 Å². The Morgan fingerprint density at radius 1 is 1.10 bits per heavy atom. The summed E-state index contributed by atoms with van der Waals surface area (Å²) in [5.41, 5.74) is 2.25. The molecule has 3 heteroatoms. The first kappa shape index (κ1) is 14.4. The van der Waals surface area contributed by atoms with Gasteiger partial charge in [-0.15, -0.1) is 0 Å². The Bertz CT molecular complexity index is 541. The van der Waals surface area contributed by atoms with Crippen molar-refractivity contribution in [2.45, 2.75) is 33.2 Å². The highest BCUT2D eigenvalue weighted by Gasteiger charge is 2.10. The van der Waals surface area contributed by atoms with Gasteiger partial charge in [-0.3, -0.25) is 4.79 Å². The number of nitrogens with one attached hydrogen (secondary N) is 1. The molecule has 0 aliphatic heterocycles. The molecule has 1 N–H and O–H groups in total. The van der Waals surface area contributed by atoms with Gasteiger partial charge in [0.15, 0.2) is 0 Å². The molecule has 0 fully saturated rings. The highest BCUT2D eigenvalue weighted by Crippen LogP contribution is 2.16. The lowest BCUT2D eigenvalue weighted by Crippen LogP contribution is -2.27. The molecule has 1 atom stereocenters. The van der Waals surface area contributed by atoms with Crippen molar-refractivity contribution in [2.75, 3.05) is 0 Å². The third kappa shape index (κ3) is 3.73. The largest absolute Gasteiger partial charge is 0.350 e. The Morgan fingerprint density at radius 2 is 1.70 bits per heavy atom. The summed E-state index contributed by atoms with van der Waals surface area (Å²) in [6.07, 6.45) is 4.61. The van der Waals surface area contributed by atoms with E-state index in [1.807, 2.05) is 31.5 Å². The van der Waals surface area contributed by atoms with E-state index < -0.39 is 0 Å². The normalized spacial score (nSPS) is 12.4. The molecule has 0 unspecified atom stereocenters. The third-order valence-corrected chi connectivity index (χ3v) is 3.27. The Balaban J connectivity index is 2.01. The van der Waals surface area contributed by atoms with Crippen LogP contribution in [-0.2, 0) is 4.79 Å². The summed E-state index contributed by atoms with van der Waals surface area (Å²) in [7, 11) is 0. The van der Waals surface area contributed by atoms with E-state index >= 15 is 0 Å². The quantitative estimate of drug-likeness (QED) is 0.883. The molecule has 0 saturated carbocycles. The first-order chi connectivity index (χ1) is 9.56. The average molecular weight is 270 g/mol. The predicted molar refractivity (Wildman–Crippen MR) is 81.8 cm³/mol. The number of carbonyl (C=O) groups is 1. The molecule has 0 aliphatic rings. The summed E-state index contributed by atoms with van der Waals surface area (Å²) in [5, 5.41) is 3.04. The molecule has 3 nitrogen and oxygen atoms in total. The van der Waals surface area contributed by atoms with Crippen molar-refractivity contribution >= 4 is 5.91 Å². The van der Waals surface area contributed by atoms with Crippen LogP contribution in [0, 0.1) is 5.92 Å². The van der Waals surface area contributed by atoms with Crippen LogP contribution in [-0.4, -0.2) is 10.5 Å². The maximum Gasteiger partial charge on any atom is 0.220 e. The molecule has 2 aromatic rings. The SMILES string of the molecule is CC(C)CC(=O)N[C@@H](C)c1ccc(-n2cccc2)cc1. The zero-order valence-corrected chi connectivity index (χ0v) is 12.3. The first-order valence-corrected chi connectivity index (χ1v) is 7.09. The molecule has 1 aromatic heterocycles. The maximum absolute atomic E-state index is 11.8. The van der Waals surface area contributed by atoms with Crippen molar-refractivity contribution in [3.63, 3.8) is 0 Å². The van der Waals surface area contributed by atoms with Gasteiger partial charge >= 0.3 is 0 Å². The van der Waals surface area contributed by atoms with Gasteiger partial charge < -0.3 is 9.88 Å². The number of hydrogen-bond acceptors (Lipinski definition) is 1. The van der Waals surface area contributed by atoms with Crippen molar-refractivity contribution in [3.8, 4) is 5.69 Å². The van der Waals surface area contributed by atoms with E-state index in [2.05, 4.69) is 48.0 Å². The van der Waals surface area contributed by atoms with Crippen LogP contribution in [0.25, 0.3) is 5.69 Å². The second-order valence-electron chi connectivity index (χ2n) is 5.57. The molecule has 106 valence electrons. The molecule has 1 aromatic carbocycles. The average Bonchev–Trinajstić information content (AvgIpc) is 2.91. The summed E-state index contributed by atoms with van der Waals surface area (Å²) >= 11 is 0. The van der Waals surface area contributed by atoms with Gasteiger partial charge in [0, 0.05) is 24.5 Å². The molecule has 20 heavy (non-hydrogen) atoms. The summed E-state index contributed by atoms with van der Waals surface area (Å²) in [4.78, 5) is 11.8. The Hall–Kier alpha value is -2.03. The number of hydrogen-bond donors (Lipinski definition) is 1. The van der Waals surface area contributed by atoms with E-state index in [4.69, 9.17) is 0 Å². The molecule has 0 bridgehead atoms. The molecule has 1 heterocycles. The van der Waals surface area contributed by atoms with Crippen molar-refractivity contribution in [1.29, 1.82) is 0 Å². The Labute approximate surface area is 120 Å². The zero-order chi connectivity index (χ0) is 14.5. The molecule has 2 rings (SSSR count). The van der Waals surface area contributed by atoms with Gasteiger partial charge in [0.2, 0.25) is 5.91 Å². The minimum absolute atomic E-state index is 0.0416. The fraction of sp³-hybridized carbons (Fsp3) is 0.353. The number of aromatic nitrogens is 1. The second kappa shape index (κ2) is 6.42. The number of rotatable bonds is 5. The van der Waals surface area contributed by atoms with E-state index in [1.165, 1.54) is 0 Å². The van der Waals surface area contributed by atoms with Crippen molar-refractivity contribution < 1.29 is 4.79 Å². The third-order valence-electron chi connectivity index (χ3n) is 3.27. The standard InChI is InChI=1S/C17H22N2O/c1-13(2)12-17(20)18-14(3)15-6-8-16(9-7-15)19-10-4-5-11-19/h4-11,13-14H,12H2,1-3H3,(H,18,20)/t14-/m0/s1. The van der Waals surface area contributed by atoms with Crippen LogP contribution in [0.4, 0.5) is 0 Å². The topological polar surface area (TPSA) is 34.0 Å². The minimum Gasteiger partial charge on any atom is -0.350 e. The van der Waals surface area contributed by atoms with Crippen LogP contribution in [0.1, 0.15) is 38.8 Å². The van der Waals surface area contributed by atoms with Crippen LogP contribution >= 0.6 is 0 Å². The van der Waals surface area contributed by atoms with E-state index in [9.17, 15) is 4.79 Å². The lowest BCUT2D eigenvalue weighted by Gasteiger charge is -2.16. The number of nitrogens with zero attached hydrogens (tertiary/aromatic N) is 1. The lowest BCUT2D eigenvalue weighted by atomic mass is 10.1. The van der Waals surface area contributed by atoms with Gasteiger partial charge in [-0.2, -0.15) is 0 Å². The van der Waals surface area contributed by atoms with Gasteiger partial charge in [0.05, 0.1) is 6.04 Å². The summed E-state index contributed by atoms with van der Waals surface area (Å²) in [6, 6.07) is 12.3. The van der Waals surface area contributed by atoms with Crippen LogP contribution in [0.15, 0.2) is 48.8 Å². The van der Waals surface area contributed by atoms with Gasteiger partial charge in [-0.05, 0) is 42.7 Å². The van der Waals surface area contributed by atoms with Gasteiger partial charge in [-0.1, -0.05) is 26.0 Å². The Kier molecular flexibility index (Phi) is 4.61. The summed E-state index contributed by atoms with van der Waals surface area (Å²) < 4.78 is 2.06. The highest BCUT2D eigenvalue weighted by atomic mass is 16.1. The van der Waals surface area contributed by atoms with E-state index in [-0.39, 0.29) is 11.9 Å². The molecule has 1 amide bonds. The molecule has 0 spiro atoms. The fourth-order valence-electron chi connectivity index (χ4n) is 2.20. The highest BCUT2D eigenvalue weighted by molar-refractivity contribution is 5.76. The zero-order valence-electron chi connectivity index (χ0n) is 12.3. The maximum atomic E-state index is 11.8. The number of amides is 1. The minimum atomic E-state index is 0.0416. The molecular formula is C17H22N2O. The van der Waals surface area contributed by atoms with Crippen LogP contribution in [0.2, 0.25) is 0 Å². The van der Waals surface area contributed by atoms with Crippen LogP contribution in [0.5, 0.6) is 0 Å². The Morgan fingerprint density at radius 3 is 2.25 bits per heavy atom. The van der Waals surface area contributed by atoms with Crippen molar-refractivity contribution in [1.82, 2.24) is 9.88 Å². The molecule has 0 aliphatic carbocycles. The fourth-order valence-corrected chi connectivity index (χ4v) is 2.20. The first-order valence-electron chi connectivity index (χ1n) is 7.09. The van der Waals surface area contributed by atoms with Crippen LogP contribution in [0.3, 0.4) is 0 Å². The van der Waals surface area contributed by atoms with Gasteiger partial charge in [-0.25, -0.2) is 0 Å². The summed E-state index contributed by atoms with van der Waals surface area (Å²) in [6.45, 7) is 6.12. The molecular weight excluding hydrogens is 248 g/mol. The van der Waals surface area contributed by atoms with E-state index in [0.717, 1.165) is 11.3 Å². The van der Waals surface area contributed by atoms with Gasteiger partial charge in [0.25, 0.3) is 0 Å². The number of carbonyl (C=O) groups excluding carboxylic acids is 1. The molecule has 0 saturated heterocycles. The smallest absolute Gasteiger partial charge is 0.220 e. The number of benzene rings is 1. The predicted octanol–water partition coefficient (Wildman–Crippen LogP) is 3.70. The second-order valence-corrected chi connectivity index (χ2v) is 5.57. The summed E-state index contributed by atoms with van der Waals surface area (Å²) in [5.74, 6) is 0.500. The van der Waals surface area contributed by atoms with Gasteiger partial charge in [0.1, 0.15) is 0 Å². The van der Waals surface area contributed by atoms with E-state index in [1.54, 1.807) is 0 Å². The monoisotopic (exact) mass is 270 g/mol. The van der Waals surface area contributed by atoms with E-state index in [0.29, 0.717) is 12.3 Å². The lowest BCUT2D eigenvalue weighted by molar-refractivity contribution is -0.122. The van der Waals surface area contributed by atoms with Crippen molar-refractivity contribution in [3.05, 3.63) is 54.4 Å². The van der Waals surface area contributed by atoms with Crippen LogP contribution < -0.4 is 5.32 Å².